The molecule has 1 amide bonds. The van der Waals surface area contributed by atoms with Gasteiger partial charge >= 0.3 is 12.4 Å². The Morgan fingerprint density at radius 2 is 1.83 bits per heavy atom. The highest BCUT2D eigenvalue weighted by Gasteiger charge is 2.33. The molecule has 0 aliphatic heterocycles. The Morgan fingerprint density at radius 1 is 1.08 bits per heavy atom. The van der Waals surface area contributed by atoms with Crippen molar-refractivity contribution in [3.63, 3.8) is 0 Å². The molecule has 0 bridgehead atoms. The Morgan fingerprint density at radius 3 is 2.42 bits per heavy atom. The van der Waals surface area contributed by atoms with Crippen LogP contribution in [0.25, 0.3) is 0 Å². The van der Waals surface area contributed by atoms with E-state index in [2.05, 4.69) is 30.0 Å². The average molecular weight is 535 g/mol. The number of carbonyl (C=O) groups excluding carboxylic acids is 1. The van der Waals surface area contributed by atoms with Crippen LogP contribution >= 0.6 is 11.5 Å². The topological polar surface area (TPSA) is 105 Å². The molecule has 0 aliphatic rings. The predicted molar refractivity (Wildman–Crippen MR) is 118 cm³/mol. The number of aromatic nitrogens is 4. The molecule has 0 spiro atoms. The molecule has 3 aromatic rings. The summed E-state index contributed by atoms with van der Waals surface area (Å²) < 4.78 is 84.4. The Kier molecular flexibility index (Phi) is 8.29. The first kappa shape index (κ1) is 27.1. The number of alkyl halides is 6. The number of nitrogens with one attached hydrogen (secondary N) is 2. The highest BCUT2D eigenvalue weighted by atomic mass is 32.1. The van der Waals surface area contributed by atoms with E-state index in [0.29, 0.717) is 17.6 Å². The van der Waals surface area contributed by atoms with Crippen molar-refractivity contribution in [2.24, 2.45) is 0 Å². The van der Waals surface area contributed by atoms with Crippen molar-refractivity contribution in [1.29, 1.82) is 0 Å². The fraction of sp³-hybridized carbons (Fsp3) is 0.350. The maximum Gasteiger partial charge on any atom is 0.434 e. The molecule has 0 saturated heterocycles. The SMILES string of the molecule is Cc1nsc(Nc2cnc(C(F)(F)F)cn2)c1C(=O)Nc1ccc(OCCN(C)CC(F)(F)F)nc1. The highest BCUT2D eigenvalue weighted by molar-refractivity contribution is 7.10. The standard InChI is InChI=1S/C20H19F6N7O2S/c1-11-16(18(36-32-11)31-14-9-27-13(8-28-14)20(24,25)26)17(34)30-12-3-4-15(29-7-12)35-6-5-33(2)10-19(21,22)23/h3-4,7-9H,5-6,10H2,1-2H3,(H,28,31)(H,30,34). The van der Waals surface area contributed by atoms with Gasteiger partial charge in [-0.25, -0.2) is 15.0 Å². The van der Waals surface area contributed by atoms with Crippen LogP contribution in [0, 0.1) is 6.92 Å². The summed E-state index contributed by atoms with van der Waals surface area (Å²) >= 11 is 0.915. The fourth-order valence-corrected chi connectivity index (χ4v) is 3.60. The molecule has 3 rings (SSSR count). The lowest BCUT2D eigenvalue weighted by molar-refractivity contribution is -0.143. The summed E-state index contributed by atoms with van der Waals surface area (Å²) in [4.78, 5) is 24.9. The quantitative estimate of drug-likeness (QED) is 0.386. The summed E-state index contributed by atoms with van der Waals surface area (Å²) in [5.41, 5.74) is -0.336. The van der Waals surface area contributed by atoms with Crippen LogP contribution in [0.5, 0.6) is 5.88 Å². The zero-order valence-corrected chi connectivity index (χ0v) is 19.6. The van der Waals surface area contributed by atoms with Gasteiger partial charge in [0.05, 0.1) is 42.1 Å². The Balaban J connectivity index is 1.59. The third-order valence-electron chi connectivity index (χ3n) is 4.44. The summed E-state index contributed by atoms with van der Waals surface area (Å²) in [6, 6.07) is 2.93. The molecular weight excluding hydrogens is 516 g/mol. The number of halogens is 6. The van der Waals surface area contributed by atoms with Crippen LogP contribution in [0.4, 0.5) is 42.8 Å². The summed E-state index contributed by atoms with van der Waals surface area (Å²) in [6.07, 6.45) is -6.17. The van der Waals surface area contributed by atoms with E-state index in [1.54, 1.807) is 6.92 Å². The number of aryl methyl sites for hydroxylation is 1. The lowest BCUT2D eigenvalue weighted by Gasteiger charge is -2.18. The monoisotopic (exact) mass is 535 g/mol. The summed E-state index contributed by atoms with van der Waals surface area (Å²) in [5, 5.41) is 5.60. The second kappa shape index (κ2) is 11.0. The lowest BCUT2D eigenvalue weighted by Crippen LogP contribution is -2.33. The third-order valence-corrected chi connectivity index (χ3v) is 5.29. The molecule has 0 atom stereocenters. The maximum absolute atomic E-state index is 12.8. The molecule has 0 radical (unpaired) electrons. The van der Waals surface area contributed by atoms with E-state index in [4.69, 9.17) is 4.74 Å². The first-order valence-electron chi connectivity index (χ1n) is 10.1. The number of hydrogen-bond donors (Lipinski definition) is 2. The number of carbonyl (C=O) groups is 1. The third kappa shape index (κ3) is 7.74. The molecule has 2 N–H and O–H groups in total. The van der Waals surface area contributed by atoms with E-state index in [1.807, 2.05) is 0 Å². The number of anilines is 3. The van der Waals surface area contributed by atoms with Gasteiger partial charge in [-0.3, -0.25) is 9.69 Å². The first-order chi connectivity index (χ1) is 16.8. The van der Waals surface area contributed by atoms with Gasteiger partial charge in [0, 0.05) is 12.6 Å². The number of ether oxygens (including phenoxy) is 1. The normalized spacial score (nSPS) is 12.0. The Hall–Kier alpha value is -3.53. The summed E-state index contributed by atoms with van der Waals surface area (Å²) in [6.45, 7) is 0.532. The number of likely N-dealkylation sites (N-methyl/N-ethyl adjacent to an activating group) is 1. The molecule has 194 valence electrons. The lowest BCUT2D eigenvalue weighted by atomic mass is 10.2. The van der Waals surface area contributed by atoms with Gasteiger partial charge in [0.2, 0.25) is 5.88 Å². The van der Waals surface area contributed by atoms with Crippen molar-refractivity contribution in [3.8, 4) is 5.88 Å². The van der Waals surface area contributed by atoms with Crippen molar-refractivity contribution in [3.05, 3.63) is 47.7 Å². The van der Waals surface area contributed by atoms with E-state index >= 15 is 0 Å². The van der Waals surface area contributed by atoms with Gasteiger partial charge in [-0.2, -0.15) is 30.7 Å². The van der Waals surface area contributed by atoms with Crippen molar-refractivity contribution in [2.75, 3.05) is 37.4 Å². The molecule has 16 heteroatoms. The molecule has 3 aromatic heterocycles. The summed E-state index contributed by atoms with van der Waals surface area (Å²) in [5.74, 6) is -0.414. The average Bonchev–Trinajstić information content (AvgIpc) is 3.13. The van der Waals surface area contributed by atoms with Crippen LogP contribution in [0.15, 0.2) is 30.7 Å². The maximum atomic E-state index is 12.8. The fourth-order valence-electron chi connectivity index (χ4n) is 2.80. The van der Waals surface area contributed by atoms with Crippen molar-refractivity contribution >= 4 is 33.9 Å². The second-order valence-corrected chi connectivity index (χ2v) is 8.20. The molecular formula is C20H19F6N7O2S. The molecule has 3 heterocycles. The molecule has 36 heavy (non-hydrogen) atoms. The molecule has 0 aliphatic carbocycles. The zero-order valence-electron chi connectivity index (χ0n) is 18.7. The van der Waals surface area contributed by atoms with E-state index < -0.39 is 30.5 Å². The van der Waals surface area contributed by atoms with Gasteiger partial charge in [-0.05, 0) is 31.6 Å². The number of hydrogen-bond acceptors (Lipinski definition) is 9. The van der Waals surface area contributed by atoms with Crippen LogP contribution in [-0.2, 0) is 6.18 Å². The van der Waals surface area contributed by atoms with Gasteiger partial charge in [0.1, 0.15) is 17.4 Å². The first-order valence-corrected chi connectivity index (χ1v) is 10.9. The molecule has 0 unspecified atom stereocenters. The summed E-state index contributed by atoms with van der Waals surface area (Å²) in [7, 11) is 1.32. The van der Waals surface area contributed by atoms with Crippen LogP contribution in [0.1, 0.15) is 21.7 Å². The van der Waals surface area contributed by atoms with Crippen LogP contribution in [-0.4, -0.2) is 63.1 Å². The number of nitrogens with zero attached hydrogens (tertiary/aromatic N) is 5. The Bertz CT molecular complexity index is 1170. The van der Waals surface area contributed by atoms with Crippen LogP contribution in [0.3, 0.4) is 0 Å². The van der Waals surface area contributed by atoms with Gasteiger partial charge in [-0.15, -0.1) is 0 Å². The van der Waals surface area contributed by atoms with Crippen LogP contribution < -0.4 is 15.4 Å². The van der Waals surface area contributed by atoms with Gasteiger partial charge < -0.3 is 15.4 Å². The minimum atomic E-state index is -4.63. The van der Waals surface area contributed by atoms with Gasteiger partial charge in [0.25, 0.3) is 5.91 Å². The highest BCUT2D eigenvalue weighted by Crippen LogP contribution is 2.30. The zero-order chi connectivity index (χ0) is 26.5. The van der Waals surface area contributed by atoms with Gasteiger partial charge in [-0.1, -0.05) is 0 Å². The van der Waals surface area contributed by atoms with E-state index in [9.17, 15) is 31.1 Å². The second-order valence-electron chi connectivity index (χ2n) is 7.42. The predicted octanol–water partition coefficient (Wildman–Crippen LogP) is 4.52. The molecule has 9 nitrogen and oxygen atoms in total. The molecule has 0 saturated carbocycles. The smallest absolute Gasteiger partial charge is 0.434 e. The number of amides is 1. The minimum Gasteiger partial charge on any atom is -0.476 e. The van der Waals surface area contributed by atoms with Gasteiger partial charge in [0.15, 0.2) is 5.69 Å². The van der Waals surface area contributed by atoms with E-state index in [0.717, 1.165) is 22.6 Å². The van der Waals surface area contributed by atoms with Crippen LogP contribution in [0.2, 0.25) is 0 Å². The van der Waals surface area contributed by atoms with Crippen molar-refractivity contribution in [1.82, 2.24) is 24.2 Å². The van der Waals surface area contributed by atoms with E-state index in [1.165, 1.54) is 25.4 Å². The molecule has 0 aromatic carbocycles. The number of rotatable bonds is 9. The Labute approximate surface area is 204 Å². The largest absolute Gasteiger partial charge is 0.476 e. The molecule has 0 fully saturated rings. The van der Waals surface area contributed by atoms with Crippen molar-refractivity contribution < 1.29 is 35.9 Å². The minimum absolute atomic E-state index is 0.00949. The van der Waals surface area contributed by atoms with E-state index in [-0.39, 0.29) is 35.4 Å². The van der Waals surface area contributed by atoms with Crippen molar-refractivity contribution in [2.45, 2.75) is 19.3 Å². The number of pyridine rings is 1.